The smallest absolute Gasteiger partial charge is 0.291 e. The van der Waals surface area contributed by atoms with Crippen molar-refractivity contribution in [3.05, 3.63) is 73.0 Å². The average Bonchev–Trinajstić information content (AvgIpc) is 3.22. The molecule has 0 N–H and O–H groups in total. The van der Waals surface area contributed by atoms with Crippen LogP contribution in [0.4, 0.5) is 0 Å². The fourth-order valence-corrected chi connectivity index (χ4v) is 4.00. The van der Waals surface area contributed by atoms with Gasteiger partial charge in [-0.1, -0.05) is 47.5 Å². The third kappa shape index (κ3) is 3.76. The lowest BCUT2D eigenvalue weighted by molar-refractivity contribution is 0.317. The topological polar surface area (TPSA) is 56.5 Å². The first-order valence-corrected chi connectivity index (χ1v) is 10.2. The Morgan fingerprint density at radius 3 is 2.64 bits per heavy atom. The lowest BCUT2D eigenvalue weighted by Gasteiger charge is -2.04. The van der Waals surface area contributed by atoms with Crippen molar-refractivity contribution in [2.45, 2.75) is 13.3 Å². The van der Waals surface area contributed by atoms with Gasteiger partial charge in [-0.3, -0.25) is 4.79 Å². The van der Waals surface area contributed by atoms with E-state index in [0.717, 1.165) is 23.3 Å². The fraction of sp³-hybridized carbons (Fsp3) is 0.150. The first-order valence-electron chi connectivity index (χ1n) is 8.65. The summed E-state index contributed by atoms with van der Waals surface area (Å²) in [7, 11) is 0. The number of thiazole rings is 1. The molecule has 0 aliphatic rings. The normalized spacial score (nSPS) is 12.0. The third-order valence-electron chi connectivity index (χ3n) is 4.02. The van der Waals surface area contributed by atoms with E-state index in [-0.39, 0.29) is 5.56 Å². The number of hydrogen-bond acceptors (Lipinski definition) is 5. The number of hydrogen-bond donors (Lipinski definition) is 0. The molecule has 0 saturated carbocycles. The van der Waals surface area contributed by atoms with Gasteiger partial charge in [0.2, 0.25) is 4.96 Å². The molecule has 0 radical (unpaired) electrons. The highest BCUT2D eigenvalue weighted by Gasteiger charge is 2.12. The Kier molecular flexibility index (Phi) is 5.35. The molecule has 8 heteroatoms. The summed E-state index contributed by atoms with van der Waals surface area (Å²) < 4.78 is 7.41. The molecular weight excluding hydrogens is 417 g/mol. The second kappa shape index (κ2) is 7.91. The number of ether oxygens (including phenoxy) is 1. The summed E-state index contributed by atoms with van der Waals surface area (Å²) in [6.45, 7) is 2.73. The van der Waals surface area contributed by atoms with E-state index in [0.29, 0.717) is 32.0 Å². The molecule has 0 bridgehead atoms. The minimum Gasteiger partial charge on any atom is -0.494 e. The van der Waals surface area contributed by atoms with Gasteiger partial charge < -0.3 is 4.74 Å². The minimum absolute atomic E-state index is 0.229. The van der Waals surface area contributed by atoms with Crippen molar-refractivity contribution in [1.82, 2.24) is 14.6 Å². The molecule has 0 fully saturated rings. The predicted octanol–water partition coefficient (Wildman–Crippen LogP) is 4.46. The molecule has 2 heterocycles. The maximum Gasteiger partial charge on any atom is 0.291 e. The van der Waals surface area contributed by atoms with Crippen molar-refractivity contribution in [3.8, 4) is 17.1 Å². The van der Waals surface area contributed by atoms with Gasteiger partial charge in [-0.15, -0.1) is 5.10 Å². The Morgan fingerprint density at radius 1 is 1.18 bits per heavy atom. The Morgan fingerprint density at radius 2 is 1.96 bits per heavy atom. The molecule has 0 spiro atoms. The maximum atomic E-state index is 12.7. The Hall–Kier alpha value is -2.41. The molecule has 142 valence electrons. The zero-order chi connectivity index (χ0) is 19.7. The third-order valence-corrected chi connectivity index (χ3v) is 5.54. The van der Waals surface area contributed by atoms with E-state index >= 15 is 0 Å². The average molecular weight is 432 g/mol. The number of rotatable bonds is 5. The number of aromatic nitrogens is 3. The summed E-state index contributed by atoms with van der Waals surface area (Å²) in [5, 5.41) is 5.39. The van der Waals surface area contributed by atoms with Crippen molar-refractivity contribution < 1.29 is 4.74 Å². The van der Waals surface area contributed by atoms with Gasteiger partial charge in [0, 0.05) is 15.6 Å². The monoisotopic (exact) mass is 431 g/mol. The molecule has 0 atom stereocenters. The van der Waals surface area contributed by atoms with Crippen LogP contribution in [0.5, 0.6) is 5.75 Å². The van der Waals surface area contributed by atoms with Crippen molar-refractivity contribution in [2.75, 3.05) is 6.61 Å². The minimum atomic E-state index is -0.229. The zero-order valence-corrected chi connectivity index (χ0v) is 17.2. The van der Waals surface area contributed by atoms with Crippen LogP contribution in [-0.2, 0) is 0 Å². The van der Waals surface area contributed by atoms with Crippen LogP contribution in [0.25, 0.3) is 22.4 Å². The molecule has 0 saturated heterocycles. The summed E-state index contributed by atoms with van der Waals surface area (Å²) >= 11 is 13.4. The van der Waals surface area contributed by atoms with Gasteiger partial charge in [0.25, 0.3) is 5.56 Å². The molecule has 5 nitrogen and oxygen atoms in total. The summed E-state index contributed by atoms with van der Waals surface area (Å²) in [6, 6.07) is 12.7. The van der Waals surface area contributed by atoms with E-state index in [4.69, 9.17) is 27.9 Å². The van der Waals surface area contributed by atoms with Gasteiger partial charge in [-0.05, 0) is 54.5 Å². The largest absolute Gasteiger partial charge is 0.494 e. The van der Waals surface area contributed by atoms with Gasteiger partial charge >= 0.3 is 0 Å². The quantitative estimate of drug-likeness (QED) is 0.467. The number of halogens is 2. The number of benzene rings is 2. The van der Waals surface area contributed by atoms with Crippen molar-refractivity contribution in [1.29, 1.82) is 0 Å². The van der Waals surface area contributed by atoms with Crippen LogP contribution < -0.4 is 14.8 Å². The molecule has 0 amide bonds. The SMILES string of the molecule is CCCOc1ccc(-c2nc3s/c(=C\c4ccc(Cl)cc4Cl)c(=O)n3n2)cc1. The Balaban J connectivity index is 1.68. The van der Waals surface area contributed by atoms with Crippen molar-refractivity contribution in [2.24, 2.45) is 0 Å². The van der Waals surface area contributed by atoms with E-state index in [1.165, 1.54) is 15.9 Å². The van der Waals surface area contributed by atoms with Crippen LogP contribution in [0.3, 0.4) is 0 Å². The summed E-state index contributed by atoms with van der Waals surface area (Å²) in [5.41, 5.74) is 1.31. The molecule has 28 heavy (non-hydrogen) atoms. The molecule has 0 unspecified atom stereocenters. The van der Waals surface area contributed by atoms with E-state index in [1.807, 2.05) is 24.3 Å². The molecular formula is C20H15Cl2N3O2S. The van der Waals surface area contributed by atoms with Gasteiger partial charge in [0.15, 0.2) is 5.82 Å². The molecule has 2 aromatic heterocycles. The Bertz CT molecular complexity index is 1250. The van der Waals surface area contributed by atoms with Gasteiger partial charge in [-0.2, -0.15) is 9.50 Å². The maximum absolute atomic E-state index is 12.7. The lowest BCUT2D eigenvalue weighted by atomic mass is 10.2. The molecule has 0 aliphatic carbocycles. The van der Waals surface area contributed by atoms with Crippen LogP contribution in [-0.4, -0.2) is 21.2 Å². The highest BCUT2D eigenvalue weighted by Crippen LogP contribution is 2.22. The first kappa shape index (κ1) is 18.9. The highest BCUT2D eigenvalue weighted by molar-refractivity contribution is 7.15. The molecule has 4 aromatic rings. The first-order chi connectivity index (χ1) is 13.5. The van der Waals surface area contributed by atoms with Gasteiger partial charge in [-0.25, -0.2) is 0 Å². The van der Waals surface area contributed by atoms with E-state index < -0.39 is 0 Å². The van der Waals surface area contributed by atoms with Crippen LogP contribution >= 0.6 is 34.5 Å². The standard InChI is InChI=1S/C20H15Cl2N3O2S/c1-2-9-27-15-7-4-12(5-8-15)18-23-20-25(24-18)19(26)17(28-20)10-13-3-6-14(21)11-16(13)22/h3-8,10-11H,2,9H2,1H3/b17-10-. The number of nitrogens with zero attached hydrogens (tertiary/aromatic N) is 3. The second-order valence-corrected chi connectivity index (χ2v) is 7.94. The molecule has 4 rings (SSSR count). The second-order valence-electron chi connectivity index (χ2n) is 6.08. The molecule has 0 aliphatic heterocycles. The van der Waals surface area contributed by atoms with Crippen LogP contribution in [0.15, 0.2) is 47.3 Å². The van der Waals surface area contributed by atoms with Crippen LogP contribution in [0, 0.1) is 0 Å². The van der Waals surface area contributed by atoms with E-state index in [9.17, 15) is 4.79 Å². The molecule has 2 aromatic carbocycles. The van der Waals surface area contributed by atoms with Gasteiger partial charge in [0.1, 0.15) is 5.75 Å². The lowest BCUT2D eigenvalue weighted by Crippen LogP contribution is -2.23. The Labute approximate surface area is 174 Å². The van der Waals surface area contributed by atoms with E-state index in [2.05, 4.69) is 17.0 Å². The van der Waals surface area contributed by atoms with Crippen molar-refractivity contribution >= 4 is 45.6 Å². The summed E-state index contributed by atoms with van der Waals surface area (Å²) in [5.74, 6) is 1.30. The van der Waals surface area contributed by atoms with E-state index in [1.54, 1.807) is 24.3 Å². The van der Waals surface area contributed by atoms with Crippen LogP contribution in [0.2, 0.25) is 10.0 Å². The summed E-state index contributed by atoms with van der Waals surface area (Å²) in [6.07, 6.45) is 2.68. The fourth-order valence-electron chi connectivity index (χ4n) is 2.64. The zero-order valence-electron chi connectivity index (χ0n) is 14.9. The predicted molar refractivity (Wildman–Crippen MR) is 114 cm³/mol. The highest BCUT2D eigenvalue weighted by atomic mass is 35.5. The van der Waals surface area contributed by atoms with Gasteiger partial charge in [0.05, 0.1) is 11.1 Å². The van der Waals surface area contributed by atoms with Crippen LogP contribution in [0.1, 0.15) is 18.9 Å². The summed E-state index contributed by atoms with van der Waals surface area (Å²) in [4.78, 5) is 17.7. The van der Waals surface area contributed by atoms with Crippen molar-refractivity contribution in [3.63, 3.8) is 0 Å². The number of fused-ring (bicyclic) bond motifs is 1.